The number of carbonyl (C=O) groups excluding carboxylic acids is 1. The molecule has 0 aromatic rings. The van der Waals surface area contributed by atoms with E-state index in [9.17, 15) is 4.79 Å². The normalized spacial score (nSPS) is 22.5. The molecule has 2 fully saturated rings. The minimum absolute atomic E-state index is 0.173. The summed E-state index contributed by atoms with van der Waals surface area (Å²) in [5, 5.41) is 3.09. The van der Waals surface area contributed by atoms with Gasteiger partial charge in [-0.05, 0) is 32.6 Å². The maximum absolute atomic E-state index is 11.9. The standard InChI is InChI=1S/C12H22N2O/c1-2-14(11-6-4-3-5-7-11)12(15)13-10-8-9-10/h10-11H,2-9H2,1H3,(H,13,15). The van der Waals surface area contributed by atoms with Crippen LogP contribution in [0.3, 0.4) is 0 Å². The minimum atomic E-state index is 0.173. The molecule has 0 heterocycles. The van der Waals surface area contributed by atoms with Gasteiger partial charge in [0.1, 0.15) is 0 Å². The monoisotopic (exact) mass is 210 g/mol. The number of nitrogens with one attached hydrogen (secondary N) is 1. The number of hydrogen-bond acceptors (Lipinski definition) is 1. The molecule has 0 saturated heterocycles. The first kappa shape index (κ1) is 10.8. The molecule has 0 unspecified atom stereocenters. The van der Waals surface area contributed by atoms with Crippen LogP contribution < -0.4 is 5.32 Å². The molecular formula is C12H22N2O. The molecule has 0 spiro atoms. The number of amides is 2. The third-order valence-corrected chi connectivity index (χ3v) is 3.52. The molecule has 86 valence electrons. The van der Waals surface area contributed by atoms with Crippen molar-refractivity contribution >= 4 is 6.03 Å². The van der Waals surface area contributed by atoms with Crippen LogP contribution in [-0.2, 0) is 0 Å². The van der Waals surface area contributed by atoms with Crippen molar-refractivity contribution in [1.29, 1.82) is 0 Å². The van der Waals surface area contributed by atoms with Crippen molar-refractivity contribution in [2.75, 3.05) is 6.54 Å². The maximum atomic E-state index is 11.9. The summed E-state index contributed by atoms with van der Waals surface area (Å²) in [6.45, 7) is 2.93. The molecule has 0 atom stereocenters. The highest BCUT2D eigenvalue weighted by atomic mass is 16.2. The van der Waals surface area contributed by atoms with E-state index in [2.05, 4.69) is 12.2 Å². The molecule has 0 radical (unpaired) electrons. The lowest BCUT2D eigenvalue weighted by Gasteiger charge is -2.33. The summed E-state index contributed by atoms with van der Waals surface area (Å²) in [6, 6.07) is 1.16. The molecule has 3 nitrogen and oxygen atoms in total. The fraction of sp³-hybridized carbons (Fsp3) is 0.917. The Morgan fingerprint density at radius 2 is 1.87 bits per heavy atom. The predicted octanol–water partition coefficient (Wildman–Crippen LogP) is 2.51. The van der Waals surface area contributed by atoms with E-state index in [1.807, 2.05) is 4.90 Å². The fourth-order valence-electron chi connectivity index (χ4n) is 2.45. The van der Waals surface area contributed by atoms with Gasteiger partial charge in [-0.25, -0.2) is 4.79 Å². The highest BCUT2D eigenvalue weighted by Crippen LogP contribution is 2.24. The summed E-state index contributed by atoms with van der Waals surface area (Å²) in [5.74, 6) is 0. The molecule has 2 aliphatic carbocycles. The topological polar surface area (TPSA) is 32.3 Å². The van der Waals surface area contributed by atoms with Crippen molar-refractivity contribution in [2.24, 2.45) is 0 Å². The first-order valence-electron chi connectivity index (χ1n) is 6.38. The molecular weight excluding hydrogens is 188 g/mol. The SMILES string of the molecule is CCN(C(=O)NC1CC1)C1CCCCC1. The second-order valence-electron chi connectivity index (χ2n) is 4.80. The Balaban J connectivity index is 1.85. The summed E-state index contributed by atoms with van der Waals surface area (Å²) in [4.78, 5) is 14.0. The zero-order valence-corrected chi connectivity index (χ0v) is 9.67. The predicted molar refractivity (Wildman–Crippen MR) is 60.8 cm³/mol. The molecule has 3 heteroatoms. The third kappa shape index (κ3) is 2.86. The lowest BCUT2D eigenvalue weighted by molar-refractivity contribution is 0.159. The van der Waals surface area contributed by atoms with Gasteiger partial charge in [0.2, 0.25) is 0 Å². The Morgan fingerprint density at radius 3 is 2.40 bits per heavy atom. The van der Waals surface area contributed by atoms with Gasteiger partial charge in [0.15, 0.2) is 0 Å². The van der Waals surface area contributed by atoms with Crippen LogP contribution >= 0.6 is 0 Å². The maximum Gasteiger partial charge on any atom is 0.317 e. The highest BCUT2D eigenvalue weighted by molar-refractivity contribution is 5.75. The Bertz CT molecular complexity index is 220. The summed E-state index contributed by atoms with van der Waals surface area (Å²) < 4.78 is 0. The molecule has 1 N–H and O–H groups in total. The van der Waals surface area contributed by atoms with Crippen LogP contribution in [0, 0.1) is 0 Å². The lowest BCUT2D eigenvalue weighted by Crippen LogP contribution is -2.47. The lowest BCUT2D eigenvalue weighted by atomic mass is 9.94. The molecule has 0 aromatic carbocycles. The van der Waals surface area contributed by atoms with Crippen molar-refractivity contribution in [3.63, 3.8) is 0 Å². The van der Waals surface area contributed by atoms with E-state index in [0.717, 1.165) is 6.54 Å². The van der Waals surface area contributed by atoms with Crippen LogP contribution in [0.2, 0.25) is 0 Å². The van der Waals surface area contributed by atoms with Crippen LogP contribution in [-0.4, -0.2) is 29.6 Å². The van der Waals surface area contributed by atoms with Crippen molar-refractivity contribution in [1.82, 2.24) is 10.2 Å². The molecule has 0 bridgehead atoms. The molecule has 0 aromatic heterocycles. The van der Waals surface area contributed by atoms with Crippen LogP contribution in [0.1, 0.15) is 51.9 Å². The van der Waals surface area contributed by atoms with Gasteiger partial charge in [0, 0.05) is 18.6 Å². The number of nitrogens with zero attached hydrogens (tertiary/aromatic N) is 1. The van der Waals surface area contributed by atoms with E-state index in [0.29, 0.717) is 12.1 Å². The molecule has 0 aliphatic heterocycles. The zero-order chi connectivity index (χ0) is 10.7. The van der Waals surface area contributed by atoms with Gasteiger partial charge < -0.3 is 10.2 Å². The van der Waals surface area contributed by atoms with E-state index < -0.39 is 0 Å². The Labute approximate surface area is 92.2 Å². The quantitative estimate of drug-likeness (QED) is 0.762. The van der Waals surface area contributed by atoms with E-state index in [-0.39, 0.29) is 6.03 Å². The first-order valence-corrected chi connectivity index (χ1v) is 6.38. The first-order chi connectivity index (χ1) is 7.31. The third-order valence-electron chi connectivity index (χ3n) is 3.52. The smallest absolute Gasteiger partial charge is 0.317 e. The highest BCUT2D eigenvalue weighted by Gasteiger charge is 2.29. The van der Waals surface area contributed by atoms with E-state index >= 15 is 0 Å². The van der Waals surface area contributed by atoms with Crippen molar-refractivity contribution in [3.05, 3.63) is 0 Å². The van der Waals surface area contributed by atoms with Crippen LogP contribution in [0.4, 0.5) is 4.79 Å². The number of carbonyl (C=O) groups is 1. The van der Waals surface area contributed by atoms with Crippen molar-refractivity contribution in [3.8, 4) is 0 Å². The molecule has 2 rings (SSSR count). The number of urea groups is 1. The largest absolute Gasteiger partial charge is 0.335 e. The van der Waals surface area contributed by atoms with Gasteiger partial charge in [-0.3, -0.25) is 0 Å². The molecule has 2 aliphatic rings. The van der Waals surface area contributed by atoms with Crippen molar-refractivity contribution in [2.45, 2.75) is 64.0 Å². The molecule has 2 saturated carbocycles. The fourth-order valence-corrected chi connectivity index (χ4v) is 2.45. The minimum Gasteiger partial charge on any atom is -0.335 e. The zero-order valence-electron chi connectivity index (χ0n) is 9.67. The number of hydrogen-bond donors (Lipinski definition) is 1. The van der Waals surface area contributed by atoms with Gasteiger partial charge in [-0.1, -0.05) is 19.3 Å². The average Bonchev–Trinajstić information content (AvgIpc) is 3.04. The second-order valence-corrected chi connectivity index (χ2v) is 4.80. The molecule has 2 amide bonds. The average molecular weight is 210 g/mol. The van der Waals surface area contributed by atoms with E-state index in [1.165, 1.54) is 44.9 Å². The Hall–Kier alpha value is -0.730. The Morgan fingerprint density at radius 1 is 1.20 bits per heavy atom. The summed E-state index contributed by atoms with van der Waals surface area (Å²) in [6.07, 6.45) is 8.67. The van der Waals surface area contributed by atoms with Crippen LogP contribution in [0.5, 0.6) is 0 Å². The van der Waals surface area contributed by atoms with Gasteiger partial charge in [-0.15, -0.1) is 0 Å². The summed E-state index contributed by atoms with van der Waals surface area (Å²) >= 11 is 0. The summed E-state index contributed by atoms with van der Waals surface area (Å²) in [7, 11) is 0. The van der Waals surface area contributed by atoms with Gasteiger partial charge in [-0.2, -0.15) is 0 Å². The van der Waals surface area contributed by atoms with Gasteiger partial charge in [0.05, 0.1) is 0 Å². The van der Waals surface area contributed by atoms with Crippen LogP contribution in [0.15, 0.2) is 0 Å². The van der Waals surface area contributed by atoms with Gasteiger partial charge in [0.25, 0.3) is 0 Å². The Kier molecular flexibility index (Phi) is 3.49. The summed E-state index contributed by atoms with van der Waals surface area (Å²) in [5.41, 5.74) is 0. The molecule has 15 heavy (non-hydrogen) atoms. The number of rotatable bonds is 3. The van der Waals surface area contributed by atoms with Gasteiger partial charge >= 0.3 is 6.03 Å². The van der Waals surface area contributed by atoms with E-state index in [1.54, 1.807) is 0 Å². The second kappa shape index (κ2) is 4.86. The van der Waals surface area contributed by atoms with E-state index in [4.69, 9.17) is 0 Å². The van der Waals surface area contributed by atoms with Crippen LogP contribution in [0.25, 0.3) is 0 Å². The van der Waals surface area contributed by atoms with Crippen molar-refractivity contribution < 1.29 is 4.79 Å².